The number of thiazole rings is 1. The maximum Gasteiger partial charge on any atom is 0.289 e. The maximum atomic E-state index is 13.3. The first kappa shape index (κ1) is 20.8. The van der Waals surface area contributed by atoms with E-state index in [1.54, 1.807) is 5.38 Å². The number of nitrogens with zero attached hydrogens (tertiary/aromatic N) is 2. The lowest BCUT2D eigenvalue weighted by Crippen LogP contribution is -2.52. The van der Waals surface area contributed by atoms with E-state index in [1.165, 1.54) is 11.3 Å². The summed E-state index contributed by atoms with van der Waals surface area (Å²) in [4.78, 5) is 32.4. The monoisotopic (exact) mass is 428 g/mol. The normalized spacial score (nSPS) is 18.6. The Morgan fingerprint density at radius 2 is 1.90 bits per heavy atom. The van der Waals surface area contributed by atoms with E-state index >= 15 is 0 Å². The second-order valence-electron chi connectivity index (χ2n) is 8.04. The average molecular weight is 429 g/mol. The first-order valence-electron chi connectivity index (χ1n) is 10.5. The Morgan fingerprint density at radius 1 is 1.13 bits per heavy atom. The van der Waals surface area contributed by atoms with Crippen LogP contribution in [0.2, 0.25) is 0 Å². The van der Waals surface area contributed by atoms with Gasteiger partial charge in [0.05, 0.1) is 18.6 Å². The summed E-state index contributed by atoms with van der Waals surface area (Å²) >= 11 is 1.43. The van der Waals surface area contributed by atoms with Gasteiger partial charge in [0.2, 0.25) is 5.91 Å². The fourth-order valence-electron chi connectivity index (χ4n) is 4.31. The Bertz CT molecular complexity index is 901. The van der Waals surface area contributed by atoms with Gasteiger partial charge in [0.1, 0.15) is 5.69 Å². The molecule has 2 fully saturated rings. The molecule has 1 saturated heterocycles. The van der Waals surface area contributed by atoms with Crippen LogP contribution in [0.5, 0.6) is 0 Å². The zero-order chi connectivity index (χ0) is 21.0. The first-order chi connectivity index (χ1) is 14.6. The summed E-state index contributed by atoms with van der Waals surface area (Å²) in [6.07, 6.45) is 4.72. The number of hydrogen-bond acceptors (Lipinski definition) is 6. The van der Waals surface area contributed by atoms with Crippen LogP contribution in [0.3, 0.4) is 0 Å². The molecule has 2 N–H and O–H groups in total. The number of hydrogen-bond donors (Lipinski definition) is 2. The summed E-state index contributed by atoms with van der Waals surface area (Å²) in [6.45, 7) is 4.90. The number of amides is 2. The van der Waals surface area contributed by atoms with E-state index in [2.05, 4.69) is 26.8 Å². The van der Waals surface area contributed by atoms with Gasteiger partial charge in [-0.3, -0.25) is 20.4 Å². The maximum absolute atomic E-state index is 13.3. The Labute approximate surface area is 180 Å². The summed E-state index contributed by atoms with van der Waals surface area (Å²) in [7, 11) is 0. The van der Waals surface area contributed by atoms with Crippen molar-refractivity contribution in [3.63, 3.8) is 0 Å². The largest absolute Gasteiger partial charge is 0.378 e. The van der Waals surface area contributed by atoms with E-state index in [0.717, 1.165) is 61.5 Å². The zero-order valence-corrected chi connectivity index (χ0v) is 18.1. The molecule has 1 aromatic heterocycles. The molecule has 2 heterocycles. The molecule has 0 atom stereocenters. The van der Waals surface area contributed by atoms with Crippen molar-refractivity contribution in [2.75, 3.05) is 31.2 Å². The summed E-state index contributed by atoms with van der Waals surface area (Å²) in [5.74, 6) is -0.543. The number of carbonyl (C=O) groups is 2. The number of anilines is 1. The van der Waals surface area contributed by atoms with Crippen molar-refractivity contribution in [1.82, 2.24) is 15.8 Å². The van der Waals surface area contributed by atoms with Gasteiger partial charge in [-0.2, -0.15) is 0 Å². The zero-order valence-electron chi connectivity index (χ0n) is 17.3. The van der Waals surface area contributed by atoms with Crippen LogP contribution in [-0.2, 0) is 14.9 Å². The quantitative estimate of drug-likeness (QED) is 0.732. The van der Waals surface area contributed by atoms with E-state index in [0.29, 0.717) is 18.9 Å². The lowest BCUT2D eigenvalue weighted by atomic mass is 9.68. The van der Waals surface area contributed by atoms with E-state index in [1.807, 2.05) is 25.1 Å². The van der Waals surface area contributed by atoms with Crippen LogP contribution in [0.25, 0.3) is 0 Å². The van der Waals surface area contributed by atoms with E-state index < -0.39 is 11.3 Å². The van der Waals surface area contributed by atoms with Crippen LogP contribution in [-0.4, -0.2) is 43.1 Å². The molecule has 1 aromatic carbocycles. The minimum absolute atomic E-state index is 0.148. The smallest absolute Gasteiger partial charge is 0.289 e. The molecule has 0 bridgehead atoms. The Hall–Kier alpha value is -2.45. The molecule has 8 heteroatoms. The highest BCUT2D eigenvalue weighted by Crippen LogP contribution is 2.40. The Balaban J connectivity index is 1.43. The van der Waals surface area contributed by atoms with Crippen molar-refractivity contribution < 1.29 is 14.3 Å². The van der Waals surface area contributed by atoms with E-state index in [-0.39, 0.29) is 5.91 Å². The molecular weight excluding hydrogens is 400 g/mol. The Kier molecular flexibility index (Phi) is 6.34. The number of ether oxygens (including phenoxy) is 1. The molecule has 160 valence electrons. The number of nitrogens with one attached hydrogen (secondary N) is 2. The average Bonchev–Trinajstić information content (AvgIpc) is 3.29. The van der Waals surface area contributed by atoms with E-state index in [9.17, 15) is 9.59 Å². The SMILES string of the molecule is Cc1cccc(C2(C(=O)NNC(=O)c3csc(N4CCOCC4)n3)CCCCC2)c1. The molecule has 4 rings (SSSR count). The number of aryl methyl sites for hydroxylation is 1. The molecule has 1 aliphatic carbocycles. The standard InChI is InChI=1S/C22H28N4O3S/c1-16-6-5-7-17(14-16)22(8-3-2-4-9-22)20(28)25-24-19(27)18-15-30-21(23-18)26-10-12-29-13-11-26/h5-7,14-15H,2-4,8-13H2,1H3,(H,24,27)(H,25,28). The highest BCUT2D eigenvalue weighted by molar-refractivity contribution is 7.13. The van der Waals surface area contributed by atoms with Gasteiger partial charge in [-0.05, 0) is 25.3 Å². The molecule has 30 heavy (non-hydrogen) atoms. The van der Waals surface area contributed by atoms with Crippen LogP contribution >= 0.6 is 11.3 Å². The highest BCUT2D eigenvalue weighted by atomic mass is 32.1. The van der Waals surface area contributed by atoms with Crippen LogP contribution in [0, 0.1) is 6.92 Å². The van der Waals surface area contributed by atoms with Gasteiger partial charge in [0, 0.05) is 18.5 Å². The van der Waals surface area contributed by atoms with Gasteiger partial charge in [-0.15, -0.1) is 11.3 Å². The molecule has 0 spiro atoms. The van der Waals surface area contributed by atoms with Gasteiger partial charge in [-0.1, -0.05) is 49.1 Å². The highest BCUT2D eigenvalue weighted by Gasteiger charge is 2.41. The lowest BCUT2D eigenvalue weighted by Gasteiger charge is -2.36. The van der Waals surface area contributed by atoms with Gasteiger partial charge >= 0.3 is 0 Å². The predicted octanol–water partition coefficient (Wildman–Crippen LogP) is 2.95. The summed E-state index contributed by atoms with van der Waals surface area (Å²) in [6, 6.07) is 8.14. The van der Waals surface area contributed by atoms with Gasteiger partial charge < -0.3 is 9.64 Å². The van der Waals surface area contributed by atoms with Crippen LogP contribution < -0.4 is 15.8 Å². The first-order valence-corrected chi connectivity index (χ1v) is 11.4. The van der Waals surface area contributed by atoms with Gasteiger partial charge in [-0.25, -0.2) is 4.98 Å². The van der Waals surface area contributed by atoms with Crippen molar-refractivity contribution in [1.29, 1.82) is 0 Å². The van der Waals surface area contributed by atoms with Crippen molar-refractivity contribution in [3.8, 4) is 0 Å². The van der Waals surface area contributed by atoms with Crippen LogP contribution in [0.1, 0.15) is 53.7 Å². The molecule has 2 amide bonds. The lowest BCUT2D eigenvalue weighted by molar-refractivity contribution is -0.128. The third kappa shape index (κ3) is 4.34. The van der Waals surface area contributed by atoms with Crippen LogP contribution in [0.4, 0.5) is 5.13 Å². The number of aromatic nitrogens is 1. The second-order valence-corrected chi connectivity index (χ2v) is 8.87. The molecule has 7 nitrogen and oxygen atoms in total. The fourth-order valence-corrected chi connectivity index (χ4v) is 5.17. The summed E-state index contributed by atoms with van der Waals surface area (Å²) in [5, 5.41) is 2.53. The van der Waals surface area contributed by atoms with Crippen molar-refractivity contribution in [3.05, 3.63) is 46.5 Å². The second kappa shape index (κ2) is 9.14. The van der Waals surface area contributed by atoms with E-state index in [4.69, 9.17) is 4.74 Å². The predicted molar refractivity (Wildman–Crippen MR) is 117 cm³/mol. The molecule has 0 radical (unpaired) electrons. The molecule has 2 aromatic rings. The molecular formula is C22H28N4O3S. The fraction of sp³-hybridized carbons (Fsp3) is 0.500. The van der Waals surface area contributed by atoms with Gasteiger partial charge in [0.25, 0.3) is 5.91 Å². The third-order valence-electron chi connectivity index (χ3n) is 6.01. The Morgan fingerprint density at radius 3 is 2.63 bits per heavy atom. The minimum Gasteiger partial charge on any atom is -0.378 e. The van der Waals surface area contributed by atoms with Crippen LogP contribution in [0.15, 0.2) is 29.6 Å². The number of carbonyl (C=O) groups excluding carboxylic acids is 2. The van der Waals surface area contributed by atoms with Crippen molar-refractivity contribution >= 4 is 28.3 Å². The summed E-state index contributed by atoms with van der Waals surface area (Å²) in [5.41, 5.74) is 7.15. The summed E-state index contributed by atoms with van der Waals surface area (Å²) < 4.78 is 5.36. The molecule has 2 aliphatic rings. The third-order valence-corrected chi connectivity index (χ3v) is 6.91. The van der Waals surface area contributed by atoms with Crippen molar-refractivity contribution in [2.24, 2.45) is 0 Å². The minimum atomic E-state index is -0.599. The number of benzene rings is 1. The molecule has 1 aliphatic heterocycles. The van der Waals surface area contributed by atoms with Crippen molar-refractivity contribution in [2.45, 2.75) is 44.4 Å². The number of morpholine rings is 1. The van der Waals surface area contributed by atoms with Gasteiger partial charge in [0.15, 0.2) is 5.13 Å². The number of rotatable bonds is 4. The topological polar surface area (TPSA) is 83.6 Å². The molecule has 1 saturated carbocycles. The number of hydrazine groups is 1. The molecule has 0 unspecified atom stereocenters.